The lowest BCUT2D eigenvalue weighted by atomic mass is 10.1. The topological polar surface area (TPSA) is 47.7 Å². The number of hydrogen-bond acceptors (Lipinski definition) is 4. The Kier molecular flexibility index (Phi) is 5.13. The van der Waals surface area contributed by atoms with E-state index in [1.165, 1.54) is 12.1 Å². The van der Waals surface area contributed by atoms with E-state index in [0.29, 0.717) is 19.0 Å². The summed E-state index contributed by atoms with van der Waals surface area (Å²) in [5.74, 6) is 0.443. The molecule has 1 heterocycles. The van der Waals surface area contributed by atoms with Gasteiger partial charge in [-0.2, -0.15) is 0 Å². The average Bonchev–Trinajstić information content (AvgIpc) is 2.41. The first-order chi connectivity index (χ1) is 9.15. The largest absolute Gasteiger partial charge is 0.492 e. The Morgan fingerprint density at radius 1 is 1.47 bits per heavy atom. The lowest BCUT2D eigenvalue weighted by Gasteiger charge is -2.34. The number of ether oxygens (including phenoxy) is 2. The van der Waals surface area contributed by atoms with Crippen LogP contribution in [0.5, 0.6) is 5.75 Å². The summed E-state index contributed by atoms with van der Waals surface area (Å²) >= 11 is 0. The summed E-state index contributed by atoms with van der Waals surface area (Å²) in [6.45, 7) is 5.81. The van der Waals surface area contributed by atoms with Gasteiger partial charge in [0.1, 0.15) is 18.2 Å². The Bertz CT molecular complexity index is 384. The van der Waals surface area contributed by atoms with Crippen LogP contribution < -0.4 is 10.5 Å². The zero-order valence-corrected chi connectivity index (χ0v) is 11.2. The second-order valence-electron chi connectivity index (χ2n) is 4.87. The van der Waals surface area contributed by atoms with Crippen LogP contribution in [0.2, 0.25) is 0 Å². The van der Waals surface area contributed by atoms with Gasteiger partial charge in [-0.1, -0.05) is 0 Å². The molecule has 0 aromatic heterocycles. The van der Waals surface area contributed by atoms with Gasteiger partial charge < -0.3 is 15.2 Å². The molecule has 1 aliphatic heterocycles. The molecule has 0 radical (unpaired) electrons. The van der Waals surface area contributed by atoms with Gasteiger partial charge in [-0.05, 0) is 31.2 Å². The third-order valence-corrected chi connectivity index (χ3v) is 3.25. The third kappa shape index (κ3) is 4.45. The standard InChI is InChI=1S/C14H21FN2O2/c1-11(16)14-10-17(7-9-19-14)6-8-18-13-4-2-12(15)3-5-13/h2-5,11,14H,6-10,16H2,1H3. The molecule has 4 nitrogen and oxygen atoms in total. The molecule has 1 aromatic rings. The van der Waals surface area contributed by atoms with E-state index in [0.717, 1.165) is 19.6 Å². The maximum Gasteiger partial charge on any atom is 0.123 e. The molecule has 2 rings (SSSR count). The number of nitrogens with zero attached hydrogens (tertiary/aromatic N) is 1. The van der Waals surface area contributed by atoms with Gasteiger partial charge in [0.15, 0.2) is 0 Å². The molecule has 0 bridgehead atoms. The fraction of sp³-hybridized carbons (Fsp3) is 0.571. The first-order valence-corrected chi connectivity index (χ1v) is 6.63. The molecule has 2 unspecified atom stereocenters. The Morgan fingerprint density at radius 3 is 2.89 bits per heavy atom. The highest BCUT2D eigenvalue weighted by molar-refractivity contribution is 5.21. The van der Waals surface area contributed by atoms with Gasteiger partial charge in [0.25, 0.3) is 0 Å². The van der Waals surface area contributed by atoms with Crippen molar-refractivity contribution in [1.29, 1.82) is 0 Å². The SMILES string of the molecule is CC(N)C1CN(CCOc2ccc(F)cc2)CCO1. The van der Waals surface area contributed by atoms with Crippen LogP contribution in [0.3, 0.4) is 0 Å². The minimum absolute atomic E-state index is 0.0424. The van der Waals surface area contributed by atoms with Crippen LogP contribution in [-0.4, -0.2) is 49.9 Å². The van der Waals surface area contributed by atoms with Crippen LogP contribution >= 0.6 is 0 Å². The summed E-state index contributed by atoms with van der Waals surface area (Å²) in [5, 5.41) is 0. The van der Waals surface area contributed by atoms with Crippen molar-refractivity contribution in [1.82, 2.24) is 4.90 Å². The molecular formula is C14H21FN2O2. The Morgan fingerprint density at radius 2 is 2.21 bits per heavy atom. The van der Waals surface area contributed by atoms with Crippen molar-refractivity contribution in [3.63, 3.8) is 0 Å². The van der Waals surface area contributed by atoms with Gasteiger partial charge in [-0.25, -0.2) is 4.39 Å². The fourth-order valence-corrected chi connectivity index (χ4v) is 2.08. The zero-order valence-electron chi connectivity index (χ0n) is 11.2. The molecule has 5 heteroatoms. The molecule has 1 fully saturated rings. The van der Waals surface area contributed by atoms with E-state index in [9.17, 15) is 4.39 Å². The van der Waals surface area contributed by atoms with E-state index in [1.54, 1.807) is 12.1 Å². The number of rotatable bonds is 5. The predicted octanol–water partition coefficient (Wildman–Crippen LogP) is 1.25. The van der Waals surface area contributed by atoms with Crippen LogP contribution in [0.4, 0.5) is 4.39 Å². The summed E-state index contributed by atoms with van der Waals surface area (Å²) in [6, 6.07) is 6.12. The van der Waals surface area contributed by atoms with Crippen molar-refractivity contribution in [3.05, 3.63) is 30.1 Å². The number of halogens is 1. The molecule has 2 N–H and O–H groups in total. The van der Waals surface area contributed by atoms with Crippen molar-refractivity contribution in [2.45, 2.75) is 19.1 Å². The lowest BCUT2D eigenvalue weighted by molar-refractivity contribution is -0.0402. The molecule has 0 saturated carbocycles. The molecule has 0 aliphatic carbocycles. The molecule has 0 spiro atoms. The number of morpholine rings is 1. The van der Waals surface area contributed by atoms with Crippen molar-refractivity contribution < 1.29 is 13.9 Å². The monoisotopic (exact) mass is 268 g/mol. The Labute approximate surface area is 113 Å². The fourth-order valence-electron chi connectivity index (χ4n) is 2.08. The van der Waals surface area contributed by atoms with Gasteiger partial charge in [-0.3, -0.25) is 4.90 Å². The maximum absolute atomic E-state index is 12.7. The van der Waals surface area contributed by atoms with E-state index in [4.69, 9.17) is 15.2 Å². The van der Waals surface area contributed by atoms with Gasteiger partial charge >= 0.3 is 0 Å². The normalized spacial score (nSPS) is 22.2. The van der Waals surface area contributed by atoms with Gasteiger partial charge in [0.2, 0.25) is 0 Å². The van der Waals surface area contributed by atoms with E-state index in [-0.39, 0.29) is 18.0 Å². The summed E-state index contributed by atoms with van der Waals surface area (Å²) in [4.78, 5) is 2.28. The predicted molar refractivity (Wildman–Crippen MR) is 71.7 cm³/mol. The van der Waals surface area contributed by atoms with Crippen LogP contribution in [0, 0.1) is 5.82 Å². The maximum atomic E-state index is 12.7. The Hall–Kier alpha value is -1.17. The molecule has 1 saturated heterocycles. The van der Waals surface area contributed by atoms with E-state index in [1.807, 2.05) is 6.92 Å². The average molecular weight is 268 g/mol. The zero-order chi connectivity index (χ0) is 13.7. The number of benzene rings is 1. The van der Waals surface area contributed by atoms with Crippen LogP contribution in [-0.2, 0) is 4.74 Å². The molecule has 19 heavy (non-hydrogen) atoms. The highest BCUT2D eigenvalue weighted by Gasteiger charge is 2.22. The third-order valence-electron chi connectivity index (χ3n) is 3.25. The van der Waals surface area contributed by atoms with Crippen LogP contribution in [0.15, 0.2) is 24.3 Å². The molecule has 106 valence electrons. The van der Waals surface area contributed by atoms with E-state index >= 15 is 0 Å². The summed E-state index contributed by atoms with van der Waals surface area (Å²) < 4.78 is 23.9. The molecule has 0 amide bonds. The van der Waals surface area contributed by atoms with E-state index < -0.39 is 0 Å². The molecular weight excluding hydrogens is 247 g/mol. The second-order valence-corrected chi connectivity index (χ2v) is 4.87. The number of nitrogens with two attached hydrogens (primary N) is 1. The minimum atomic E-state index is -0.250. The molecule has 1 aliphatic rings. The van der Waals surface area contributed by atoms with Crippen molar-refractivity contribution in [2.24, 2.45) is 5.73 Å². The summed E-state index contributed by atoms with van der Waals surface area (Å²) in [5.41, 5.74) is 5.84. The van der Waals surface area contributed by atoms with Crippen molar-refractivity contribution in [3.8, 4) is 5.75 Å². The Balaban J connectivity index is 1.72. The highest BCUT2D eigenvalue weighted by atomic mass is 19.1. The first kappa shape index (κ1) is 14.2. The van der Waals surface area contributed by atoms with Gasteiger partial charge in [0, 0.05) is 25.7 Å². The van der Waals surface area contributed by atoms with Crippen LogP contribution in [0.1, 0.15) is 6.92 Å². The van der Waals surface area contributed by atoms with Gasteiger partial charge in [-0.15, -0.1) is 0 Å². The van der Waals surface area contributed by atoms with E-state index in [2.05, 4.69) is 4.90 Å². The first-order valence-electron chi connectivity index (χ1n) is 6.63. The summed E-state index contributed by atoms with van der Waals surface area (Å²) in [7, 11) is 0. The number of hydrogen-bond donors (Lipinski definition) is 1. The molecule has 2 atom stereocenters. The second kappa shape index (κ2) is 6.84. The molecule has 1 aromatic carbocycles. The minimum Gasteiger partial charge on any atom is -0.492 e. The quantitative estimate of drug-likeness (QED) is 0.873. The smallest absolute Gasteiger partial charge is 0.123 e. The van der Waals surface area contributed by atoms with Crippen LogP contribution in [0.25, 0.3) is 0 Å². The van der Waals surface area contributed by atoms with Crippen molar-refractivity contribution >= 4 is 0 Å². The highest BCUT2D eigenvalue weighted by Crippen LogP contribution is 2.12. The van der Waals surface area contributed by atoms with Gasteiger partial charge in [0.05, 0.1) is 12.7 Å². The summed E-state index contributed by atoms with van der Waals surface area (Å²) in [6.07, 6.45) is 0.0968. The van der Waals surface area contributed by atoms with Crippen molar-refractivity contribution in [2.75, 3.05) is 32.8 Å². The lowest BCUT2D eigenvalue weighted by Crippen LogP contribution is -2.50.